The zero-order chi connectivity index (χ0) is 22.9. The molecule has 0 aliphatic rings. The molecule has 1 amide bonds. The van der Waals surface area contributed by atoms with E-state index in [4.69, 9.17) is 15.3 Å². The van der Waals surface area contributed by atoms with E-state index in [0.29, 0.717) is 35.6 Å². The van der Waals surface area contributed by atoms with Crippen molar-refractivity contribution < 1.29 is 14.3 Å². The number of hydrogen-bond acceptors (Lipinski definition) is 7. The SMILES string of the molecule is CCCN(Cc1ccc(C)cc1)C(=O)CSc1nnc(COc2cccc(OC)c2)n1N. The first-order chi connectivity index (χ1) is 15.5. The molecule has 0 radical (unpaired) electrons. The van der Waals surface area contributed by atoms with E-state index in [0.717, 1.165) is 12.0 Å². The molecule has 0 unspecified atom stereocenters. The number of nitrogens with two attached hydrogens (primary N) is 1. The average Bonchev–Trinajstić information content (AvgIpc) is 3.16. The van der Waals surface area contributed by atoms with Gasteiger partial charge in [0.05, 0.1) is 12.9 Å². The molecule has 0 bridgehead atoms. The molecule has 9 heteroatoms. The number of thioether (sulfide) groups is 1. The lowest BCUT2D eigenvalue weighted by atomic mass is 10.1. The summed E-state index contributed by atoms with van der Waals surface area (Å²) < 4.78 is 12.3. The Kier molecular flexibility index (Phi) is 8.38. The van der Waals surface area contributed by atoms with Gasteiger partial charge in [0.1, 0.15) is 18.1 Å². The van der Waals surface area contributed by atoms with E-state index in [1.165, 1.54) is 22.0 Å². The molecule has 8 nitrogen and oxygen atoms in total. The number of amides is 1. The quantitative estimate of drug-likeness (QED) is 0.350. The molecule has 0 saturated carbocycles. The maximum absolute atomic E-state index is 12.8. The standard InChI is InChI=1S/C23H29N5O3S/c1-4-12-27(14-18-10-8-17(2)9-11-18)22(29)16-32-23-26-25-21(28(23)24)15-31-20-7-5-6-19(13-20)30-3/h5-11,13H,4,12,14-16,24H2,1-3H3. The molecule has 170 valence electrons. The van der Waals surface area contributed by atoms with E-state index in [2.05, 4.69) is 41.4 Å². The predicted octanol–water partition coefficient (Wildman–Crippen LogP) is 3.42. The molecule has 0 spiro atoms. The minimum absolute atomic E-state index is 0.0367. The summed E-state index contributed by atoms with van der Waals surface area (Å²) in [5, 5.41) is 8.67. The van der Waals surface area contributed by atoms with Crippen molar-refractivity contribution in [1.82, 2.24) is 19.8 Å². The van der Waals surface area contributed by atoms with Crippen LogP contribution in [0.3, 0.4) is 0 Å². The van der Waals surface area contributed by atoms with Gasteiger partial charge in [-0.2, -0.15) is 0 Å². The van der Waals surface area contributed by atoms with Crippen LogP contribution < -0.4 is 15.3 Å². The normalized spacial score (nSPS) is 10.7. The number of aromatic nitrogens is 3. The van der Waals surface area contributed by atoms with E-state index < -0.39 is 0 Å². The topological polar surface area (TPSA) is 95.5 Å². The molecule has 3 rings (SSSR count). The number of nitrogen functional groups attached to an aromatic ring is 1. The third-order valence-corrected chi connectivity index (χ3v) is 5.74. The van der Waals surface area contributed by atoms with Gasteiger partial charge in [0, 0.05) is 19.2 Å². The molecule has 2 aromatic carbocycles. The van der Waals surface area contributed by atoms with Crippen molar-refractivity contribution in [3.63, 3.8) is 0 Å². The third-order valence-electron chi connectivity index (χ3n) is 4.81. The maximum Gasteiger partial charge on any atom is 0.233 e. The van der Waals surface area contributed by atoms with Crippen molar-refractivity contribution >= 4 is 17.7 Å². The van der Waals surface area contributed by atoms with Gasteiger partial charge < -0.3 is 20.2 Å². The van der Waals surface area contributed by atoms with Crippen LogP contribution in [-0.2, 0) is 17.9 Å². The fourth-order valence-corrected chi connectivity index (χ4v) is 3.81. The Morgan fingerprint density at radius 3 is 2.62 bits per heavy atom. The summed E-state index contributed by atoms with van der Waals surface area (Å²) in [4.78, 5) is 14.7. The fraction of sp³-hybridized carbons (Fsp3) is 0.348. The molecule has 0 atom stereocenters. The lowest BCUT2D eigenvalue weighted by Gasteiger charge is -2.22. The van der Waals surface area contributed by atoms with Crippen molar-refractivity contribution in [2.45, 2.75) is 38.6 Å². The Hall–Kier alpha value is -3.20. The lowest BCUT2D eigenvalue weighted by molar-refractivity contribution is -0.129. The number of methoxy groups -OCH3 is 1. The van der Waals surface area contributed by atoms with Crippen LogP contribution in [0.5, 0.6) is 11.5 Å². The number of ether oxygens (including phenoxy) is 2. The molecule has 0 aliphatic carbocycles. The van der Waals surface area contributed by atoms with E-state index in [9.17, 15) is 4.79 Å². The summed E-state index contributed by atoms with van der Waals surface area (Å²) in [6.45, 7) is 5.55. The Labute approximate surface area is 192 Å². The minimum atomic E-state index is 0.0367. The van der Waals surface area contributed by atoms with Gasteiger partial charge in [-0.1, -0.05) is 54.6 Å². The van der Waals surface area contributed by atoms with Crippen molar-refractivity contribution in [3.8, 4) is 11.5 Å². The van der Waals surface area contributed by atoms with Gasteiger partial charge in [-0.25, -0.2) is 4.68 Å². The number of carbonyl (C=O) groups is 1. The second kappa shape index (κ2) is 11.4. The van der Waals surface area contributed by atoms with Crippen LogP contribution in [0.1, 0.15) is 30.3 Å². The van der Waals surface area contributed by atoms with E-state index in [1.54, 1.807) is 13.2 Å². The highest BCUT2D eigenvalue weighted by Gasteiger charge is 2.17. The first-order valence-corrected chi connectivity index (χ1v) is 11.4. The van der Waals surface area contributed by atoms with E-state index in [1.807, 2.05) is 30.0 Å². The molecule has 0 saturated heterocycles. The van der Waals surface area contributed by atoms with Crippen molar-refractivity contribution in [2.75, 3.05) is 25.3 Å². The monoisotopic (exact) mass is 455 g/mol. The lowest BCUT2D eigenvalue weighted by Crippen LogP contribution is -2.32. The van der Waals surface area contributed by atoms with Gasteiger partial charge in [-0.3, -0.25) is 4.79 Å². The number of carbonyl (C=O) groups excluding carboxylic acids is 1. The summed E-state index contributed by atoms with van der Waals surface area (Å²) in [6.07, 6.45) is 0.890. The number of aryl methyl sites for hydroxylation is 1. The van der Waals surface area contributed by atoms with Gasteiger partial charge in [0.15, 0.2) is 5.82 Å². The Morgan fingerprint density at radius 2 is 1.91 bits per heavy atom. The summed E-state index contributed by atoms with van der Waals surface area (Å²) >= 11 is 1.27. The van der Waals surface area contributed by atoms with Crippen LogP contribution >= 0.6 is 11.8 Å². The Morgan fingerprint density at radius 1 is 1.16 bits per heavy atom. The molecular weight excluding hydrogens is 426 g/mol. The fourth-order valence-electron chi connectivity index (χ4n) is 3.04. The van der Waals surface area contributed by atoms with Crippen LogP contribution in [0.4, 0.5) is 0 Å². The number of benzene rings is 2. The van der Waals surface area contributed by atoms with Gasteiger partial charge in [0.25, 0.3) is 0 Å². The first-order valence-electron chi connectivity index (χ1n) is 10.4. The molecule has 0 fully saturated rings. The zero-order valence-corrected chi connectivity index (χ0v) is 19.5. The van der Waals surface area contributed by atoms with Crippen molar-refractivity contribution in [2.24, 2.45) is 0 Å². The van der Waals surface area contributed by atoms with Crippen LogP contribution in [0, 0.1) is 6.92 Å². The van der Waals surface area contributed by atoms with Crippen LogP contribution in [-0.4, -0.2) is 45.1 Å². The van der Waals surface area contributed by atoms with Crippen LogP contribution in [0.25, 0.3) is 0 Å². The van der Waals surface area contributed by atoms with Crippen LogP contribution in [0.15, 0.2) is 53.7 Å². The van der Waals surface area contributed by atoms with E-state index >= 15 is 0 Å². The largest absolute Gasteiger partial charge is 0.497 e. The minimum Gasteiger partial charge on any atom is -0.497 e. The van der Waals surface area contributed by atoms with Gasteiger partial charge >= 0.3 is 0 Å². The highest BCUT2D eigenvalue weighted by atomic mass is 32.2. The second-order valence-corrected chi connectivity index (χ2v) is 8.27. The molecule has 0 aliphatic heterocycles. The highest BCUT2D eigenvalue weighted by molar-refractivity contribution is 7.99. The van der Waals surface area contributed by atoms with Gasteiger partial charge in [-0.15, -0.1) is 10.2 Å². The smallest absolute Gasteiger partial charge is 0.233 e. The molecule has 1 aromatic heterocycles. The molecular formula is C23H29N5O3S. The molecule has 2 N–H and O–H groups in total. The zero-order valence-electron chi connectivity index (χ0n) is 18.7. The van der Waals surface area contributed by atoms with Crippen molar-refractivity contribution in [1.29, 1.82) is 0 Å². The predicted molar refractivity (Wildman–Crippen MR) is 125 cm³/mol. The number of hydrogen-bond donors (Lipinski definition) is 1. The summed E-state index contributed by atoms with van der Waals surface area (Å²) in [7, 11) is 1.60. The van der Waals surface area contributed by atoms with Gasteiger partial charge in [0.2, 0.25) is 11.1 Å². The van der Waals surface area contributed by atoms with Gasteiger partial charge in [-0.05, 0) is 31.0 Å². The maximum atomic E-state index is 12.8. The Bertz CT molecular complexity index is 1020. The Balaban J connectivity index is 1.56. The third kappa shape index (κ3) is 6.40. The summed E-state index contributed by atoms with van der Waals surface area (Å²) in [5.41, 5.74) is 2.31. The first kappa shape index (κ1) is 23.5. The highest BCUT2D eigenvalue weighted by Crippen LogP contribution is 2.21. The summed E-state index contributed by atoms with van der Waals surface area (Å²) in [6, 6.07) is 15.5. The van der Waals surface area contributed by atoms with E-state index in [-0.39, 0.29) is 18.3 Å². The number of rotatable bonds is 11. The van der Waals surface area contributed by atoms with Crippen molar-refractivity contribution in [3.05, 3.63) is 65.5 Å². The second-order valence-electron chi connectivity index (χ2n) is 7.33. The molecule has 1 heterocycles. The average molecular weight is 456 g/mol. The van der Waals surface area contributed by atoms with Crippen LogP contribution in [0.2, 0.25) is 0 Å². The number of nitrogens with zero attached hydrogens (tertiary/aromatic N) is 4. The molecule has 32 heavy (non-hydrogen) atoms. The molecule has 3 aromatic rings. The summed E-state index contributed by atoms with van der Waals surface area (Å²) in [5.74, 6) is 8.20.